The Hall–Kier alpha value is -2.75. The van der Waals surface area contributed by atoms with Crippen LogP contribution >= 0.6 is 0 Å². The molecule has 24 heavy (non-hydrogen) atoms. The van der Waals surface area contributed by atoms with Crippen LogP contribution in [0.5, 0.6) is 5.75 Å². The van der Waals surface area contributed by atoms with E-state index < -0.39 is 0 Å². The number of nitrogen functional groups attached to an aromatic ring is 1. The number of benzene rings is 2. The van der Waals surface area contributed by atoms with Crippen molar-refractivity contribution in [2.45, 2.75) is 19.3 Å². The lowest BCUT2D eigenvalue weighted by Crippen LogP contribution is -1.98. The number of nitrogens with zero attached hydrogens (tertiary/aromatic N) is 1. The fourth-order valence-electron chi connectivity index (χ4n) is 2.65. The molecule has 1 saturated carbocycles. The lowest BCUT2D eigenvalue weighted by atomic mass is 10.1. The van der Waals surface area contributed by atoms with Crippen LogP contribution in [-0.4, -0.2) is 11.8 Å². The number of anilines is 1. The van der Waals surface area contributed by atoms with Crippen molar-refractivity contribution in [3.63, 3.8) is 0 Å². The maximum Gasteiger partial charge on any atom is 0.169 e. The van der Waals surface area contributed by atoms with Crippen molar-refractivity contribution >= 4 is 5.69 Å². The Morgan fingerprint density at radius 2 is 1.88 bits per heavy atom. The molecule has 0 spiro atoms. The van der Waals surface area contributed by atoms with Gasteiger partial charge in [-0.1, -0.05) is 29.4 Å². The molecule has 0 saturated heterocycles. The van der Waals surface area contributed by atoms with Gasteiger partial charge >= 0.3 is 0 Å². The van der Waals surface area contributed by atoms with Crippen molar-refractivity contribution in [1.82, 2.24) is 5.16 Å². The Balaban J connectivity index is 1.42. The summed E-state index contributed by atoms with van der Waals surface area (Å²) in [7, 11) is 0. The molecule has 4 heteroatoms. The first-order valence-electron chi connectivity index (χ1n) is 8.30. The Labute approximate surface area is 141 Å². The number of nitrogens with two attached hydrogens (primary N) is 1. The van der Waals surface area contributed by atoms with E-state index in [0.29, 0.717) is 11.4 Å². The molecule has 2 N–H and O–H groups in total. The van der Waals surface area contributed by atoms with Gasteiger partial charge < -0.3 is 15.0 Å². The summed E-state index contributed by atoms with van der Waals surface area (Å²) in [6.07, 6.45) is 3.33. The minimum Gasteiger partial charge on any atom is -0.493 e. The van der Waals surface area contributed by atoms with E-state index >= 15 is 0 Å². The van der Waals surface area contributed by atoms with Crippen molar-refractivity contribution in [2.24, 2.45) is 5.92 Å². The molecule has 0 bridgehead atoms. The summed E-state index contributed by atoms with van der Waals surface area (Å²) in [5.41, 5.74) is 9.61. The van der Waals surface area contributed by atoms with Gasteiger partial charge in [0.1, 0.15) is 5.75 Å². The molecule has 122 valence electrons. The van der Waals surface area contributed by atoms with Crippen molar-refractivity contribution in [3.05, 3.63) is 65.9 Å². The van der Waals surface area contributed by atoms with E-state index in [-0.39, 0.29) is 0 Å². The van der Waals surface area contributed by atoms with E-state index in [4.69, 9.17) is 15.0 Å². The summed E-state index contributed by atoms with van der Waals surface area (Å²) >= 11 is 0. The average molecular weight is 320 g/mol. The van der Waals surface area contributed by atoms with Gasteiger partial charge in [0.2, 0.25) is 0 Å². The molecule has 1 aliphatic rings. The Kier molecular flexibility index (Phi) is 3.95. The van der Waals surface area contributed by atoms with Crippen LogP contribution < -0.4 is 10.5 Å². The van der Waals surface area contributed by atoms with E-state index in [1.54, 1.807) is 0 Å². The normalized spacial score (nSPS) is 13.8. The molecule has 0 amide bonds. The third-order valence-corrected chi connectivity index (χ3v) is 4.28. The first-order chi connectivity index (χ1) is 11.8. The third kappa shape index (κ3) is 3.43. The van der Waals surface area contributed by atoms with E-state index in [9.17, 15) is 0 Å². The van der Waals surface area contributed by atoms with Crippen LogP contribution in [0.25, 0.3) is 11.3 Å². The van der Waals surface area contributed by atoms with Crippen LogP contribution in [0.3, 0.4) is 0 Å². The minimum absolute atomic E-state index is 0.692. The summed E-state index contributed by atoms with van der Waals surface area (Å²) < 4.78 is 11.2. The van der Waals surface area contributed by atoms with Gasteiger partial charge in [0, 0.05) is 23.7 Å². The second kappa shape index (κ2) is 6.40. The van der Waals surface area contributed by atoms with E-state index in [1.807, 2.05) is 42.5 Å². The van der Waals surface area contributed by atoms with Crippen LogP contribution in [0.1, 0.15) is 24.1 Å². The van der Waals surface area contributed by atoms with Crippen molar-refractivity contribution in [2.75, 3.05) is 12.3 Å². The Morgan fingerprint density at radius 3 is 2.62 bits per heavy atom. The largest absolute Gasteiger partial charge is 0.493 e. The molecule has 0 radical (unpaired) electrons. The zero-order valence-electron chi connectivity index (χ0n) is 13.4. The molecule has 1 aliphatic carbocycles. The number of ether oxygens (including phenoxy) is 1. The second-order valence-corrected chi connectivity index (χ2v) is 6.34. The smallest absolute Gasteiger partial charge is 0.169 e. The van der Waals surface area contributed by atoms with Gasteiger partial charge in [0.05, 0.1) is 12.3 Å². The number of aromatic nitrogens is 1. The lowest BCUT2D eigenvalue weighted by Gasteiger charge is -2.05. The third-order valence-electron chi connectivity index (χ3n) is 4.28. The maximum absolute atomic E-state index is 5.98. The van der Waals surface area contributed by atoms with E-state index in [1.165, 1.54) is 18.4 Å². The standard InChI is InChI=1S/C20H20N2O2/c21-19-4-2-1-3-18(19)20-12-16(22-24-20)11-14-7-9-17(10-8-14)23-13-15-5-6-15/h1-4,7-10,12,15H,5-6,11,13,21H2. The summed E-state index contributed by atoms with van der Waals surface area (Å²) in [6, 6.07) is 17.8. The molecule has 0 unspecified atom stereocenters. The van der Waals surface area contributed by atoms with Crippen LogP contribution in [-0.2, 0) is 6.42 Å². The van der Waals surface area contributed by atoms with Crippen molar-refractivity contribution in [1.29, 1.82) is 0 Å². The number of rotatable bonds is 6. The van der Waals surface area contributed by atoms with Gasteiger partial charge in [-0.3, -0.25) is 0 Å². The first kappa shape index (κ1) is 14.8. The van der Waals surface area contributed by atoms with Crippen LogP contribution in [0.2, 0.25) is 0 Å². The summed E-state index contributed by atoms with van der Waals surface area (Å²) in [4.78, 5) is 0. The molecule has 2 aromatic carbocycles. The summed E-state index contributed by atoms with van der Waals surface area (Å²) in [5.74, 6) is 2.40. The highest BCUT2D eigenvalue weighted by Crippen LogP contribution is 2.30. The monoisotopic (exact) mass is 320 g/mol. The quantitative estimate of drug-likeness (QED) is 0.688. The van der Waals surface area contributed by atoms with Gasteiger partial charge in [-0.05, 0) is 48.6 Å². The molecule has 4 nitrogen and oxygen atoms in total. The predicted octanol–water partition coefficient (Wildman–Crippen LogP) is 4.30. The molecular formula is C20H20N2O2. The lowest BCUT2D eigenvalue weighted by molar-refractivity contribution is 0.299. The molecule has 1 fully saturated rings. The maximum atomic E-state index is 5.98. The van der Waals surface area contributed by atoms with Gasteiger partial charge in [0.25, 0.3) is 0 Å². The van der Waals surface area contributed by atoms with Crippen LogP contribution in [0.15, 0.2) is 59.1 Å². The van der Waals surface area contributed by atoms with Crippen molar-refractivity contribution < 1.29 is 9.26 Å². The summed E-state index contributed by atoms with van der Waals surface area (Å²) in [5, 5.41) is 4.16. The highest BCUT2D eigenvalue weighted by atomic mass is 16.5. The zero-order valence-corrected chi connectivity index (χ0v) is 13.4. The van der Waals surface area contributed by atoms with Crippen LogP contribution in [0.4, 0.5) is 5.69 Å². The zero-order chi connectivity index (χ0) is 16.4. The minimum atomic E-state index is 0.692. The molecule has 0 atom stereocenters. The second-order valence-electron chi connectivity index (χ2n) is 6.34. The number of hydrogen-bond donors (Lipinski definition) is 1. The van der Waals surface area contributed by atoms with Gasteiger partial charge in [-0.15, -0.1) is 0 Å². The molecular weight excluding hydrogens is 300 g/mol. The van der Waals surface area contributed by atoms with E-state index in [0.717, 1.165) is 36.0 Å². The fraction of sp³-hybridized carbons (Fsp3) is 0.250. The molecule has 1 heterocycles. The van der Waals surface area contributed by atoms with Gasteiger partial charge in [0.15, 0.2) is 5.76 Å². The van der Waals surface area contributed by atoms with Crippen molar-refractivity contribution in [3.8, 4) is 17.1 Å². The van der Waals surface area contributed by atoms with Gasteiger partial charge in [-0.2, -0.15) is 0 Å². The highest BCUT2D eigenvalue weighted by Gasteiger charge is 2.21. The first-order valence-corrected chi connectivity index (χ1v) is 8.30. The molecule has 0 aliphatic heterocycles. The molecule has 4 rings (SSSR count). The Bertz CT molecular complexity index is 820. The SMILES string of the molecule is Nc1ccccc1-c1cc(Cc2ccc(OCC3CC3)cc2)no1. The van der Waals surface area contributed by atoms with E-state index in [2.05, 4.69) is 17.3 Å². The summed E-state index contributed by atoms with van der Waals surface area (Å²) in [6.45, 7) is 0.838. The fourth-order valence-corrected chi connectivity index (χ4v) is 2.65. The van der Waals surface area contributed by atoms with Crippen LogP contribution in [0, 0.1) is 5.92 Å². The molecule has 1 aromatic heterocycles. The Morgan fingerprint density at radius 1 is 1.08 bits per heavy atom. The van der Waals surface area contributed by atoms with Gasteiger partial charge in [-0.25, -0.2) is 0 Å². The molecule has 3 aromatic rings. The number of hydrogen-bond acceptors (Lipinski definition) is 4. The topological polar surface area (TPSA) is 61.3 Å². The average Bonchev–Trinajstić information content (AvgIpc) is 3.33. The predicted molar refractivity (Wildman–Crippen MR) is 93.8 cm³/mol. The highest BCUT2D eigenvalue weighted by molar-refractivity contribution is 5.72. The number of para-hydroxylation sites is 1.